The second kappa shape index (κ2) is 13.9. The molecule has 4 aromatic carbocycles. The summed E-state index contributed by atoms with van der Waals surface area (Å²) in [6.45, 7) is 4.07. The number of methoxy groups -OCH3 is 2. The summed E-state index contributed by atoms with van der Waals surface area (Å²) in [5.41, 5.74) is 2.97. The zero-order chi connectivity index (χ0) is 33.2. The number of ether oxygens (including phenoxy) is 4. The van der Waals surface area contributed by atoms with Crippen LogP contribution in [-0.4, -0.2) is 31.4 Å². The zero-order valence-corrected chi connectivity index (χ0v) is 30.0. The van der Waals surface area contributed by atoms with Gasteiger partial charge >= 0.3 is 5.97 Å². The highest BCUT2D eigenvalue weighted by molar-refractivity contribution is 9.10. The van der Waals surface area contributed by atoms with Crippen molar-refractivity contribution in [2.75, 3.05) is 20.8 Å². The second-order valence-corrected chi connectivity index (χ2v) is 13.4. The monoisotopic (exact) mass is 776 g/mol. The Morgan fingerprint density at radius 2 is 1.70 bits per heavy atom. The van der Waals surface area contributed by atoms with E-state index in [1.54, 1.807) is 37.7 Å². The Morgan fingerprint density at radius 1 is 0.957 bits per heavy atom. The first kappa shape index (κ1) is 32.7. The van der Waals surface area contributed by atoms with Crippen LogP contribution in [0.4, 0.5) is 0 Å². The number of thiazole rings is 1. The van der Waals surface area contributed by atoms with Gasteiger partial charge in [-0.3, -0.25) is 9.36 Å². The highest BCUT2D eigenvalue weighted by Crippen LogP contribution is 2.41. The molecule has 0 amide bonds. The highest BCUT2D eigenvalue weighted by Gasteiger charge is 2.35. The SMILES string of the molecule is CCOC(=O)C1=C(C)N=c2s/c(=C\c3ccc(OCc4cccc5ccccc45)c(Br)c3)c(=O)n2[C@@H]1c1cc(OC)c(OC)cc1Br. The standard InChI is InChI=1S/C36H30Br2N2O6S/c1-5-45-35(42)32-20(2)39-36-40(33(32)25-17-29(43-3)30(44-4)18-26(25)37)34(41)31(47-36)16-21-13-14-28(27(38)15-21)46-19-23-11-8-10-22-9-6-7-12-24(22)23/h6-18,33H,5,19H2,1-4H3/b31-16-/t33-/m1/s1. The van der Waals surface area contributed by atoms with E-state index in [-0.39, 0.29) is 17.7 Å². The summed E-state index contributed by atoms with van der Waals surface area (Å²) in [5, 5.41) is 2.31. The molecule has 0 radical (unpaired) electrons. The average molecular weight is 779 g/mol. The van der Waals surface area contributed by atoms with Crippen LogP contribution in [0.15, 0.2) is 103 Å². The fraction of sp³-hybridized carbons (Fsp3) is 0.194. The molecule has 1 atom stereocenters. The molecule has 0 saturated heterocycles. The third-order valence-corrected chi connectivity index (χ3v) is 10.1. The Balaban J connectivity index is 1.39. The van der Waals surface area contributed by atoms with E-state index in [0.717, 1.165) is 26.4 Å². The molecule has 1 aromatic heterocycles. The van der Waals surface area contributed by atoms with E-state index in [1.807, 2.05) is 42.5 Å². The molecule has 0 bridgehead atoms. The van der Waals surface area contributed by atoms with Crippen LogP contribution in [0.2, 0.25) is 0 Å². The van der Waals surface area contributed by atoms with Gasteiger partial charge in [0.2, 0.25) is 0 Å². The van der Waals surface area contributed by atoms with Crippen LogP contribution in [0.25, 0.3) is 16.8 Å². The summed E-state index contributed by atoms with van der Waals surface area (Å²) in [4.78, 5) is 32.6. The number of benzene rings is 4. The molecule has 240 valence electrons. The average Bonchev–Trinajstić information content (AvgIpc) is 3.37. The number of carbonyl (C=O) groups excluding carboxylic acids is 1. The highest BCUT2D eigenvalue weighted by atomic mass is 79.9. The second-order valence-electron chi connectivity index (χ2n) is 10.6. The van der Waals surface area contributed by atoms with Gasteiger partial charge in [0.25, 0.3) is 5.56 Å². The van der Waals surface area contributed by atoms with Crippen molar-refractivity contribution < 1.29 is 23.7 Å². The van der Waals surface area contributed by atoms with Gasteiger partial charge in [0, 0.05) is 4.47 Å². The van der Waals surface area contributed by atoms with Crippen molar-refractivity contribution in [2.45, 2.75) is 26.5 Å². The minimum atomic E-state index is -0.821. The number of allylic oxidation sites excluding steroid dienone is 1. The lowest BCUT2D eigenvalue weighted by Gasteiger charge is -2.26. The minimum absolute atomic E-state index is 0.177. The van der Waals surface area contributed by atoms with E-state index in [1.165, 1.54) is 18.4 Å². The van der Waals surface area contributed by atoms with Crippen molar-refractivity contribution in [2.24, 2.45) is 4.99 Å². The van der Waals surface area contributed by atoms with Crippen molar-refractivity contribution in [1.82, 2.24) is 4.57 Å². The number of nitrogens with zero attached hydrogens (tertiary/aromatic N) is 2. The van der Waals surface area contributed by atoms with Crippen LogP contribution in [0.3, 0.4) is 0 Å². The normalized spacial score (nSPS) is 14.5. The molecule has 1 aliphatic heterocycles. The lowest BCUT2D eigenvalue weighted by molar-refractivity contribution is -0.139. The fourth-order valence-electron chi connectivity index (χ4n) is 5.61. The Labute approximate surface area is 291 Å². The summed E-state index contributed by atoms with van der Waals surface area (Å²) in [6.07, 6.45) is 1.81. The molecule has 1 aliphatic rings. The van der Waals surface area contributed by atoms with Crippen LogP contribution >= 0.6 is 43.2 Å². The van der Waals surface area contributed by atoms with Crippen LogP contribution in [0.5, 0.6) is 17.2 Å². The van der Waals surface area contributed by atoms with E-state index in [2.05, 4.69) is 61.1 Å². The zero-order valence-electron chi connectivity index (χ0n) is 26.0. The summed E-state index contributed by atoms with van der Waals surface area (Å²) in [7, 11) is 3.08. The van der Waals surface area contributed by atoms with Crippen LogP contribution in [-0.2, 0) is 16.1 Å². The molecule has 2 heterocycles. The van der Waals surface area contributed by atoms with Gasteiger partial charge in [-0.25, -0.2) is 9.79 Å². The first-order valence-electron chi connectivity index (χ1n) is 14.7. The van der Waals surface area contributed by atoms with Crippen molar-refractivity contribution in [3.8, 4) is 17.2 Å². The van der Waals surface area contributed by atoms with Gasteiger partial charge in [-0.2, -0.15) is 0 Å². The maximum Gasteiger partial charge on any atom is 0.338 e. The van der Waals surface area contributed by atoms with Gasteiger partial charge in [-0.1, -0.05) is 75.8 Å². The number of rotatable bonds is 9. The van der Waals surface area contributed by atoms with E-state index >= 15 is 0 Å². The van der Waals surface area contributed by atoms with Crippen molar-refractivity contribution >= 4 is 66.0 Å². The predicted octanol–water partition coefficient (Wildman–Crippen LogP) is 7.07. The maximum atomic E-state index is 14.1. The van der Waals surface area contributed by atoms with Gasteiger partial charge in [0.15, 0.2) is 16.3 Å². The number of esters is 1. The van der Waals surface area contributed by atoms with Crippen molar-refractivity contribution in [3.63, 3.8) is 0 Å². The predicted molar refractivity (Wildman–Crippen MR) is 190 cm³/mol. The van der Waals surface area contributed by atoms with E-state index in [9.17, 15) is 9.59 Å². The molecule has 0 saturated carbocycles. The number of halogens is 2. The molecule has 8 nitrogen and oxygen atoms in total. The Morgan fingerprint density at radius 3 is 2.45 bits per heavy atom. The fourth-order valence-corrected chi connectivity index (χ4v) is 7.71. The summed E-state index contributed by atoms with van der Waals surface area (Å²) < 4.78 is 26.0. The Hall–Kier alpha value is -4.19. The molecule has 47 heavy (non-hydrogen) atoms. The third-order valence-electron chi connectivity index (χ3n) is 7.83. The molecular formula is C36H30Br2N2O6S. The molecular weight excluding hydrogens is 748 g/mol. The molecule has 6 rings (SSSR count). The summed E-state index contributed by atoms with van der Waals surface area (Å²) >= 11 is 8.54. The first-order chi connectivity index (χ1) is 22.7. The van der Waals surface area contributed by atoms with E-state index in [4.69, 9.17) is 18.9 Å². The van der Waals surface area contributed by atoms with Gasteiger partial charge < -0.3 is 18.9 Å². The lowest BCUT2D eigenvalue weighted by Crippen LogP contribution is -2.40. The lowest BCUT2D eigenvalue weighted by atomic mass is 9.95. The number of hydrogen-bond donors (Lipinski definition) is 0. The van der Waals surface area contributed by atoms with Gasteiger partial charge in [0.1, 0.15) is 12.4 Å². The van der Waals surface area contributed by atoms with Crippen LogP contribution in [0.1, 0.15) is 36.6 Å². The van der Waals surface area contributed by atoms with Crippen LogP contribution < -0.4 is 29.1 Å². The summed E-state index contributed by atoms with van der Waals surface area (Å²) in [6, 6.07) is 22.8. The molecule has 5 aromatic rings. The Bertz CT molecular complexity index is 2240. The smallest absolute Gasteiger partial charge is 0.338 e. The van der Waals surface area contributed by atoms with Crippen LogP contribution in [0, 0.1) is 0 Å². The number of carbonyl (C=O) groups is 1. The van der Waals surface area contributed by atoms with Crippen molar-refractivity contribution in [3.05, 3.63) is 129 Å². The molecule has 0 aliphatic carbocycles. The number of fused-ring (bicyclic) bond motifs is 2. The third kappa shape index (κ3) is 6.39. The minimum Gasteiger partial charge on any atom is -0.493 e. The quantitative estimate of drug-likeness (QED) is 0.149. The molecule has 0 fully saturated rings. The van der Waals surface area contributed by atoms with Crippen molar-refractivity contribution in [1.29, 1.82) is 0 Å². The maximum absolute atomic E-state index is 14.1. The number of aromatic nitrogens is 1. The molecule has 0 spiro atoms. The summed E-state index contributed by atoms with van der Waals surface area (Å²) in [5.74, 6) is 1.10. The molecule has 11 heteroatoms. The van der Waals surface area contributed by atoms with E-state index in [0.29, 0.717) is 48.9 Å². The van der Waals surface area contributed by atoms with Gasteiger partial charge in [-0.15, -0.1) is 0 Å². The largest absolute Gasteiger partial charge is 0.493 e. The Kier molecular flexibility index (Phi) is 9.67. The van der Waals surface area contributed by atoms with E-state index < -0.39 is 12.0 Å². The topological polar surface area (TPSA) is 88.4 Å². The first-order valence-corrected chi connectivity index (χ1v) is 17.1. The molecule has 0 unspecified atom stereocenters. The van der Waals surface area contributed by atoms with Gasteiger partial charge in [0.05, 0.1) is 47.1 Å². The molecule has 0 N–H and O–H groups in total. The number of hydrogen-bond acceptors (Lipinski definition) is 8. The van der Waals surface area contributed by atoms with Gasteiger partial charge in [-0.05, 0) is 87.6 Å².